The Morgan fingerprint density at radius 2 is 0.529 bits per heavy atom. The van der Waals surface area contributed by atoms with E-state index in [0.717, 1.165) is 102 Å². The number of hydrogen-bond donors (Lipinski definition) is 3. The summed E-state index contributed by atoms with van der Waals surface area (Å²) in [5, 5.41) is 10.6. The van der Waals surface area contributed by atoms with E-state index in [2.05, 4.69) is 41.5 Å². The lowest BCUT2D eigenvalue weighted by Gasteiger charge is -2.21. The zero-order valence-electron chi connectivity index (χ0n) is 56.3. The zero-order valence-corrected chi connectivity index (χ0v) is 58.1. The second kappa shape index (κ2) is 60.3. The Labute approximate surface area is 530 Å². The molecule has 0 rings (SSSR count). The summed E-state index contributed by atoms with van der Waals surface area (Å²) in [6.45, 7) is 9.48. The summed E-state index contributed by atoms with van der Waals surface area (Å²) in [5.41, 5.74) is 0. The largest absolute Gasteiger partial charge is 0.472 e. The third-order valence-corrected chi connectivity index (χ3v) is 17.6. The summed E-state index contributed by atoms with van der Waals surface area (Å²) in [4.78, 5) is 72.4. The van der Waals surface area contributed by atoms with Crippen molar-refractivity contribution in [3.8, 4) is 0 Å². The normalized spacial score (nSPS) is 14.2. The van der Waals surface area contributed by atoms with Crippen molar-refractivity contribution in [3.63, 3.8) is 0 Å². The van der Waals surface area contributed by atoms with E-state index in [0.29, 0.717) is 25.7 Å². The van der Waals surface area contributed by atoms with Gasteiger partial charge in [-0.25, -0.2) is 9.13 Å². The van der Waals surface area contributed by atoms with Gasteiger partial charge in [0.25, 0.3) is 0 Å². The van der Waals surface area contributed by atoms with E-state index in [1.807, 2.05) is 0 Å². The molecule has 0 aliphatic carbocycles. The van der Waals surface area contributed by atoms with Crippen LogP contribution >= 0.6 is 15.6 Å². The number of ether oxygens (including phenoxy) is 4. The van der Waals surface area contributed by atoms with Gasteiger partial charge in [0.15, 0.2) is 12.2 Å². The number of carbonyl (C=O) groups excluding carboxylic acids is 4. The number of hydrogen-bond acceptors (Lipinski definition) is 15. The fourth-order valence-electron chi connectivity index (χ4n) is 10.2. The van der Waals surface area contributed by atoms with Gasteiger partial charge >= 0.3 is 39.5 Å². The SMILES string of the molecule is CCCCCCCCCCCCCCCC(=O)OC[C@H](COP(=O)(O)OC[C@@H](O)COP(=O)(O)OC[C@@H](COC(=O)CCCCCCCCCCCC)OC(=O)CCCCCCCCCCC(C)C)OC(=O)CCCCCCCCCCCCC(C)C. The van der Waals surface area contributed by atoms with Gasteiger partial charge in [0, 0.05) is 25.7 Å². The van der Waals surface area contributed by atoms with E-state index in [1.165, 1.54) is 161 Å². The molecule has 0 fully saturated rings. The van der Waals surface area contributed by atoms with Crippen LogP contribution < -0.4 is 0 Å². The van der Waals surface area contributed by atoms with Crippen LogP contribution in [-0.4, -0.2) is 96.7 Å². The molecule has 0 spiro atoms. The van der Waals surface area contributed by atoms with Crippen molar-refractivity contribution in [1.82, 2.24) is 0 Å². The second-order valence-corrected chi connectivity index (χ2v) is 28.4. The maximum Gasteiger partial charge on any atom is 0.472 e. The summed E-state index contributed by atoms with van der Waals surface area (Å²) >= 11 is 0. The van der Waals surface area contributed by atoms with Crippen LogP contribution in [0.15, 0.2) is 0 Å². The maximum atomic E-state index is 13.0. The van der Waals surface area contributed by atoms with E-state index < -0.39 is 97.5 Å². The van der Waals surface area contributed by atoms with Crippen LogP contribution in [0.2, 0.25) is 0 Å². The molecule has 2 unspecified atom stereocenters. The molecular formula is C68H132O17P2. The highest BCUT2D eigenvalue weighted by atomic mass is 31.2. The maximum absolute atomic E-state index is 13.0. The Morgan fingerprint density at radius 3 is 0.782 bits per heavy atom. The van der Waals surface area contributed by atoms with E-state index >= 15 is 0 Å². The average Bonchev–Trinajstić information content (AvgIpc) is 3.66. The summed E-state index contributed by atoms with van der Waals surface area (Å²) in [5.74, 6) is -0.657. The highest BCUT2D eigenvalue weighted by Gasteiger charge is 2.30. The molecule has 0 heterocycles. The predicted octanol–water partition coefficient (Wildman–Crippen LogP) is 19.2. The van der Waals surface area contributed by atoms with Crippen molar-refractivity contribution >= 4 is 39.5 Å². The number of phosphoric acid groups is 2. The first-order chi connectivity index (χ1) is 41.9. The first-order valence-corrected chi connectivity index (χ1v) is 38.5. The third-order valence-electron chi connectivity index (χ3n) is 15.7. The van der Waals surface area contributed by atoms with Gasteiger partial charge in [0.2, 0.25) is 0 Å². The molecule has 5 atom stereocenters. The number of esters is 4. The summed E-state index contributed by atoms with van der Waals surface area (Å²) in [6, 6.07) is 0. The Bertz CT molecular complexity index is 1700. The molecule has 516 valence electrons. The summed E-state index contributed by atoms with van der Waals surface area (Å²) in [6.07, 6.45) is 44.4. The van der Waals surface area contributed by atoms with E-state index in [9.17, 15) is 43.2 Å². The van der Waals surface area contributed by atoms with E-state index in [4.69, 9.17) is 37.0 Å². The van der Waals surface area contributed by atoms with Gasteiger partial charge in [-0.15, -0.1) is 0 Å². The van der Waals surface area contributed by atoms with E-state index in [1.54, 1.807) is 0 Å². The van der Waals surface area contributed by atoms with Gasteiger partial charge in [0.05, 0.1) is 26.4 Å². The molecule has 0 aromatic heterocycles. The average molecular weight is 1280 g/mol. The molecule has 3 N–H and O–H groups in total. The minimum atomic E-state index is -4.95. The highest BCUT2D eigenvalue weighted by Crippen LogP contribution is 2.45. The molecule has 0 amide bonds. The van der Waals surface area contributed by atoms with Crippen molar-refractivity contribution in [2.75, 3.05) is 39.6 Å². The van der Waals surface area contributed by atoms with Crippen molar-refractivity contribution in [2.45, 2.75) is 362 Å². The molecule has 0 radical (unpaired) electrons. The first kappa shape index (κ1) is 85.1. The quantitative estimate of drug-likeness (QED) is 0.0222. The van der Waals surface area contributed by atoms with Crippen LogP contribution in [0.4, 0.5) is 0 Å². The molecule has 0 aromatic rings. The lowest BCUT2D eigenvalue weighted by Crippen LogP contribution is -2.30. The van der Waals surface area contributed by atoms with Crippen molar-refractivity contribution < 1.29 is 80.2 Å². The lowest BCUT2D eigenvalue weighted by atomic mass is 10.0. The van der Waals surface area contributed by atoms with Gasteiger partial charge in [-0.2, -0.15) is 0 Å². The van der Waals surface area contributed by atoms with Crippen molar-refractivity contribution in [3.05, 3.63) is 0 Å². The fraction of sp³-hybridized carbons (Fsp3) is 0.941. The molecule has 0 aromatic carbocycles. The zero-order chi connectivity index (χ0) is 64.3. The third kappa shape index (κ3) is 62.6. The van der Waals surface area contributed by atoms with Gasteiger partial charge in [-0.3, -0.25) is 37.3 Å². The van der Waals surface area contributed by atoms with Crippen LogP contribution in [0.5, 0.6) is 0 Å². The Kier molecular flexibility index (Phi) is 59.0. The van der Waals surface area contributed by atoms with Gasteiger partial charge in [-0.05, 0) is 37.5 Å². The predicted molar refractivity (Wildman–Crippen MR) is 349 cm³/mol. The summed E-state index contributed by atoms with van der Waals surface area (Å²) in [7, 11) is -9.89. The van der Waals surface area contributed by atoms with Crippen molar-refractivity contribution in [2.24, 2.45) is 11.8 Å². The molecular weight excluding hydrogens is 1150 g/mol. The number of carbonyl (C=O) groups is 4. The number of phosphoric ester groups is 2. The van der Waals surface area contributed by atoms with E-state index in [-0.39, 0.29) is 25.7 Å². The fourth-order valence-corrected chi connectivity index (χ4v) is 11.8. The van der Waals surface area contributed by atoms with Crippen LogP contribution in [0.3, 0.4) is 0 Å². The Balaban J connectivity index is 5.25. The molecule has 0 bridgehead atoms. The molecule has 19 heteroatoms. The molecule has 0 aliphatic rings. The van der Waals surface area contributed by atoms with Gasteiger partial charge < -0.3 is 33.8 Å². The van der Waals surface area contributed by atoms with Crippen LogP contribution in [0.25, 0.3) is 0 Å². The van der Waals surface area contributed by atoms with Crippen LogP contribution in [0.1, 0.15) is 343 Å². The molecule has 0 saturated carbocycles. The highest BCUT2D eigenvalue weighted by molar-refractivity contribution is 7.47. The first-order valence-electron chi connectivity index (χ1n) is 35.5. The monoisotopic (exact) mass is 1280 g/mol. The smallest absolute Gasteiger partial charge is 0.462 e. The number of aliphatic hydroxyl groups excluding tert-OH is 1. The van der Waals surface area contributed by atoms with Crippen molar-refractivity contribution in [1.29, 1.82) is 0 Å². The second-order valence-electron chi connectivity index (χ2n) is 25.5. The van der Waals surface area contributed by atoms with Crippen LogP contribution in [-0.2, 0) is 65.4 Å². The lowest BCUT2D eigenvalue weighted by molar-refractivity contribution is -0.161. The van der Waals surface area contributed by atoms with Crippen LogP contribution in [0, 0.1) is 11.8 Å². The number of rotatable bonds is 67. The summed E-state index contributed by atoms with van der Waals surface area (Å²) < 4.78 is 68.2. The minimum absolute atomic E-state index is 0.105. The Hall–Kier alpha value is -1.94. The molecule has 17 nitrogen and oxygen atoms in total. The number of unbranched alkanes of at least 4 members (excludes halogenated alkanes) is 37. The topological polar surface area (TPSA) is 237 Å². The molecule has 87 heavy (non-hydrogen) atoms. The minimum Gasteiger partial charge on any atom is -0.462 e. The van der Waals surface area contributed by atoms with Gasteiger partial charge in [-0.1, -0.05) is 292 Å². The number of aliphatic hydroxyl groups is 1. The standard InChI is InChI=1S/C68H132O17P2/c1-7-9-11-13-15-17-19-20-21-26-33-39-45-51-66(71)79-56-63(84-67(72)52-46-40-34-27-23-22-24-30-36-42-48-60(3)4)58-82-86(74,75)80-54-62(69)55-81-87(76,77)83-59-64(57-78-65(70)50-44-38-32-25-18-16-14-12-10-8-2)85-68(73)53-47-41-35-29-28-31-37-43-49-61(5)6/h60-64,69H,7-59H2,1-6H3,(H,74,75)(H,76,77)/t62-,63-,64-/m1/s1. The molecule has 0 aliphatic heterocycles. The molecule has 0 saturated heterocycles. The Morgan fingerprint density at radius 1 is 0.310 bits per heavy atom. The van der Waals surface area contributed by atoms with Gasteiger partial charge in [0.1, 0.15) is 19.3 Å².